The summed E-state index contributed by atoms with van der Waals surface area (Å²) in [6, 6.07) is 4.98. The fraction of sp³-hybridized carbons (Fsp3) is 0.462. The quantitative estimate of drug-likeness (QED) is 0.761. The minimum absolute atomic E-state index is 0.0819. The largest absolute Gasteiger partial charge is 0.325 e. The normalized spacial score (nSPS) is 10.8. The maximum Gasteiger partial charge on any atom is 0.225 e. The minimum atomic E-state index is -0.0819. The molecule has 0 fully saturated rings. The highest BCUT2D eigenvalue weighted by Gasteiger charge is 2.06. The highest BCUT2D eigenvalue weighted by atomic mass is 35.5. The Morgan fingerprint density at radius 2 is 2.00 bits per heavy atom. The first kappa shape index (κ1) is 16.2. The summed E-state index contributed by atoms with van der Waals surface area (Å²) in [6.07, 6.45) is 0.399. The van der Waals surface area contributed by atoms with Crippen molar-refractivity contribution in [2.45, 2.75) is 6.42 Å². The lowest BCUT2D eigenvalue weighted by Gasteiger charge is -2.11. The van der Waals surface area contributed by atoms with Gasteiger partial charge in [0.2, 0.25) is 5.91 Å². The van der Waals surface area contributed by atoms with E-state index in [1.807, 2.05) is 14.1 Å². The van der Waals surface area contributed by atoms with Gasteiger partial charge >= 0.3 is 0 Å². The number of hydrogen-bond acceptors (Lipinski definition) is 3. The van der Waals surface area contributed by atoms with Gasteiger partial charge in [0.15, 0.2) is 0 Å². The van der Waals surface area contributed by atoms with E-state index >= 15 is 0 Å². The monoisotopic (exact) mass is 303 g/mol. The molecule has 0 aliphatic rings. The van der Waals surface area contributed by atoms with Crippen LogP contribution in [0.4, 0.5) is 5.69 Å². The second-order valence-electron chi connectivity index (χ2n) is 4.48. The average Bonchev–Trinajstić information content (AvgIpc) is 2.33. The summed E-state index contributed by atoms with van der Waals surface area (Å²) in [7, 11) is 4.02. The summed E-state index contributed by atoms with van der Waals surface area (Å²) >= 11 is 11.8. The Balaban J connectivity index is 2.29. The SMILES string of the molecule is CN(C)CCNCCC(=O)Nc1cc(Cl)ccc1Cl. The number of nitrogens with zero attached hydrogens (tertiary/aromatic N) is 1. The van der Waals surface area contributed by atoms with E-state index in [0.29, 0.717) is 28.7 Å². The first-order valence-corrected chi connectivity index (χ1v) is 6.85. The Morgan fingerprint density at radius 3 is 2.68 bits per heavy atom. The van der Waals surface area contributed by atoms with Gasteiger partial charge in [0, 0.05) is 31.1 Å². The Hall–Kier alpha value is -0.810. The zero-order valence-electron chi connectivity index (χ0n) is 11.2. The van der Waals surface area contributed by atoms with Gasteiger partial charge in [0.1, 0.15) is 0 Å². The Labute approximate surface area is 124 Å². The molecule has 0 spiro atoms. The molecule has 0 aromatic heterocycles. The number of amides is 1. The molecule has 6 heteroatoms. The van der Waals surface area contributed by atoms with Crippen LogP contribution in [0.5, 0.6) is 0 Å². The number of rotatable bonds is 7. The maximum atomic E-state index is 11.7. The van der Waals surface area contributed by atoms with E-state index in [-0.39, 0.29) is 5.91 Å². The van der Waals surface area contributed by atoms with Crippen molar-refractivity contribution in [1.82, 2.24) is 10.2 Å². The van der Waals surface area contributed by atoms with E-state index in [2.05, 4.69) is 15.5 Å². The number of hydrogen-bond donors (Lipinski definition) is 2. The van der Waals surface area contributed by atoms with Gasteiger partial charge in [-0.2, -0.15) is 0 Å². The Bertz CT molecular complexity index is 424. The van der Waals surface area contributed by atoms with E-state index in [9.17, 15) is 4.79 Å². The molecule has 106 valence electrons. The zero-order chi connectivity index (χ0) is 14.3. The third kappa shape index (κ3) is 6.78. The predicted octanol–water partition coefficient (Wildman–Crippen LogP) is 2.47. The van der Waals surface area contributed by atoms with E-state index in [4.69, 9.17) is 23.2 Å². The van der Waals surface area contributed by atoms with Crippen LogP contribution >= 0.6 is 23.2 Å². The maximum absolute atomic E-state index is 11.7. The zero-order valence-corrected chi connectivity index (χ0v) is 12.7. The van der Waals surface area contributed by atoms with Crippen molar-refractivity contribution < 1.29 is 4.79 Å². The van der Waals surface area contributed by atoms with Crippen LogP contribution in [0, 0.1) is 0 Å². The topological polar surface area (TPSA) is 44.4 Å². The van der Waals surface area contributed by atoms with Crippen molar-refractivity contribution in [3.63, 3.8) is 0 Å². The van der Waals surface area contributed by atoms with Gasteiger partial charge in [-0.25, -0.2) is 0 Å². The number of likely N-dealkylation sites (N-methyl/N-ethyl adjacent to an activating group) is 1. The standard InChI is InChI=1S/C13H19Cl2N3O/c1-18(2)8-7-16-6-5-13(19)17-12-9-10(14)3-4-11(12)15/h3-4,9,16H,5-8H2,1-2H3,(H,17,19). The molecule has 4 nitrogen and oxygen atoms in total. The Morgan fingerprint density at radius 1 is 1.26 bits per heavy atom. The number of benzene rings is 1. The lowest BCUT2D eigenvalue weighted by molar-refractivity contribution is -0.116. The molecule has 0 bridgehead atoms. The van der Waals surface area contributed by atoms with Gasteiger partial charge in [0.05, 0.1) is 10.7 Å². The molecule has 0 aliphatic carbocycles. The molecule has 0 unspecified atom stereocenters. The van der Waals surface area contributed by atoms with Gasteiger partial charge < -0.3 is 15.5 Å². The van der Waals surface area contributed by atoms with E-state index < -0.39 is 0 Å². The summed E-state index contributed by atoms with van der Waals surface area (Å²) in [6.45, 7) is 2.44. The number of nitrogens with one attached hydrogen (secondary N) is 2. The smallest absolute Gasteiger partial charge is 0.225 e. The van der Waals surface area contributed by atoms with Crippen LogP contribution in [0.15, 0.2) is 18.2 Å². The fourth-order valence-corrected chi connectivity index (χ4v) is 1.77. The molecule has 0 saturated carbocycles. The Kier molecular flexibility index (Phi) is 7.16. The molecule has 0 saturated heterocycles. The molecule has 19 heavy (non-hydrogen) atoms. The molecule has 1 aromatic carbocycles. The lowest BCUT2D eigenvalue weighted by atomic mass is 10.3. The molecule has 1 aromatic rings. The summed E-state index contributed by atoms with van der Waals surface area (Å²) in [4.78, 5) is 13.8. The predicted molar refractivity (Wildman–Crippen MR) is 81.1 cm³/mol. The van der Waals surface area contributed by atoms with Crippen molar-refractivity contribution in [2.75, 3.05) is 39.0 Å². The number of anilines is 1. The van der Waals surface area contributed by atoms with Gasteiger partial charge in [-0.3, -0.25) is 4.79 Å². The third-order valence-electron chi connectivity index (χ3n) is 2.47. The van der Waals surface area contributed by atoms with Gasteiger partial charge in [-0.15, -0.1) is 0 Å². The highest BCUT2D eigenvalue weighted by Crippen LogP contribution is 2.25. The van der Waals surface area contributed by atoms with Crippen LogP contribution in [0.3, 0.4) is 0 Å². The number of carbonyl (C=O) groups excluding carboxylic acids is 1. The van der Waals surface area contributed by atoms with Crippen LogP contribution in [0.2, 0.25) is 10.0 Å². The first-order chi connectivity index (χ1) is 8.99. The molecule has 1 rings (SSSR count). The molecule has 2 N–H and O–H groups in total. The molecule has 1 amide bonds. The lowest BCUT2D eigenvalue weighted by Crippen LogP contribution is -2.29. The van der Waals surface area contributed by atoms with Crippen LogP contribution in [0.1, 0.15) is 6.42 Å². The summed E-state index contributed by atoms with van der Waals surface area (Å²) in [5.74, 6) is -0.0819. The van der Waals surface area contributed by atoms with E-state index in [1.165, 1.54) is 0 Å². The van der Waals surface area contributed by atoms with Crippen molar-refractivity contribution in [3.8, 4) is 0 Å². The van der Waals surface area contributed by atoms with Gasteiger partial charge in [-0.1, -0.05) is 23.2 Å². The molecule has 0 radical (unpaired) electrons. The molecule has 0 aliphatic heterocycles. The summed E-state index contributed by atoms with van der Waals surface area (Å²) in [5.41, 5.74) is 0.549. The van der Waals surface area contributed by atoms with Gasteiger partial charge in [-0.05, 0) is 32.3 Å². The summed E-state index contributed by atoms with van der Waals surface area (Å²) < 4.78 is 0. The average molecular weight is 304 g/mol. The number of carbonyl (C=O) groups is 1. The molecule has 0 heterocycles. The summed E-state index contributed by atoms with van der Waals surface area (Å²) in [5, 5.41) is 6.97. The number of halogens is 2. The van der Waals surface area contributed by atoms with E-state index in [0.717, 1.165) is 13.1 Å². The van der Waals surface area contributed by atoms with Crippen molar-refractivity contribution in [2.24, 2.45) is 0 Å². The van der Waals surface area contributed by atoms with Crippen molar-refractivity contribution >= 4 is 34.8 Å². The van der Waals surface area contributed by atoms with Crippen LogP contribution < -0.4 is 10.6 Å². The molecular formula is C13H19Cl2N3O. The van der Waals surface area contributed by atoms with Crippen LogP contribution in [-0.2, 0) is 4.79 Å². The van der Waals surface area contributed by atoms with Crippen molar-refractivity contribution in [1.29, 1.82) is 0 Å². The third-order valence-corrected chi connectivity index (χ3v) is 3.03. The first-order valence-electron chi connectivity index (χ1n) is 6.09. The highest BCUT2D eigenvalue weighted by molar-refractivity contribution is 6.35. The fourth-order valence-electron chi connectivity index (χ4n) is 1.44. The van der Waals surface area contributed by atoms with E-state index in [1.54, 1.807) is 18.2 Å². The van der Waals surface area contributed by atoms with Crippen LogP contribution in [0.25, 0.3) is 0 Å². The molecule has 0 atom stereocenters. The molecular weight excluding hydrogens is 285 g/mol. The second kappa shape index (κ2) is 8.38. The second-order valence-corrected chi connectivity index (χ2v) is 5.32. The minimum Gasteiger partial charge on any atom is -0.325 e. The van der Waals surface area contributed by atoms with Gasteiger partial charge in [0.25, 0.3) is 0 Å². The van der Waals surface area contributed by atoms with Crippen LogP contribution in [-0.4, -0.2) is 44.5 Å². The van der Waals surface area contributed by atoms with Crippen molar-refractivity contribution in [3.05, 3.63) is 28.2 Å².